The molecule has 3 nitrogen and oxygen atoms in total. The lowest BCUT2D eigenvalue weighted by Gasteiger charge is -2.10. The molecule has 0 aromatic heterocycles. The van der Waals surface area contributed by atoms with Crippen molar-refractivity contribution in [1.82, 2.24) is 0 Å². The molecule has 0 unspecified atom stereocenters. The first-order chi connectivity index (χ1) is 7.82. The van der Waals surface area contributed by atoms with Crippen LogP contribution < -0.4 is 5.32 Å². The van der Waals surface area contributed by atoms with Crippen LogP contribution in [0.1, 0.15) is 12.0 Å². The van der Waals surface area contributed by atoms with Gasteiger partial charge < -0.3 is 5.32 Å². The first-order valence-corrected chi connectivity index (χ1v) is 5.45. The average Bonchev–Trinajstić information content (AvgIpc) is 2.15. The van der Waals surface area contributed by atoms with Gasteiger partial charge in [0.25, 0.3) is 0 Å². The summed E-state index contributed by atoms with van der Waals surface area (Å²) in [5.74, 6) is -0.636. The number of alkyl halides is 3. The molecule has 0 aliphatic carbocycles. The van der Waals surface area contributed by atoms with E-state index in [1.165, 1.54) is 6.07 Å². The normalized spacial score (nSPS) is 10.8. The van der Waals surface area contributed by atoms with Gasteiger partial charge >= 0.3 is 6.18 Å². The predicted molar refractivity (Wildman–Crippen MR) is 63.0 cm³/mol. The lowest BCUT2D eigenvalue weighted by Crippen LogP contribution is -2.12. The van der Waals surface area contributed by atoms with E-state index in [4.69, 9.17) is 5.26 Å². The molecule has 0 saturated carbocycles. The van der Waals surface area contributed by atoms with Gasteiger partial charge in [-0.3, -0.25) is 4.79 Å². The van der Waals surface area contributed by atoms with E-state index in [0.717, 1.165) is 12.1 Å². The number of rotatable bonds is 2. The average molecular weight is 354 g/mol. The van der Waals surface area contributed by atoms with Crippen molar-refractivity contribution in [2.24, 2.45) is 0 Å². The minimum Gasteiger partial charge on any atom is -0.325 e. The molecule has 0 heterocycles. The quantitative estimate of drug-likeness (QED) is 0.830. The Hall–Kier alpha value is -1.30. The van der Waals surface area contributed by atoms with Gasteiger partial charge in [0.05, 0.1) is 11.6 Å². The lowest BCUT2D eigenvalue weighted by molar-refractivity contribution is -0.137. The highest BCUT2D eigenvalue weighted by molar-refractivity contribution is 14.1. The Bertz CT molecular complexity index is 479. The minimum absolute atomic E-state index is 0.0319. The molecule has 0 atom stereocenters. The number of carbonyl (C=O) groups excluding carboxylic acids is 1. The van der Waals surface area contributed by atoms with E-state index in [9.17, 15) is 18.0 Å². The van der Waals surface area contributed by atoms with Crippen molar-refractivity contribution in [3.8, 4) is 6.07 Å². The van der Waals surface area contributed by atoms with E-state index < -0.39 is 24.1 Å². The van der Waals surface area contributed by atoms with Crippen LogP contribution in [-0.2, 0) is 11.0 Å². The molecule has 1 aromatic rings. The summed E-state index contributed by atoms with van der Waals surface area (Å²) in [6.07, 6.45) is -4.86. The third-order valence-electron chi connectivity index (χ3n) is 1.75. The Labute approximate surface area is 109 Å². The number of carbonyl (C=O) groups is 1. The molecular weight excluding hydrogens is 348 g/mol. The molecule has 1 rings (SSSR count). The third-order valence-corrected chi connectivity index (χ3v) is 2.37. The van der Waals surface area contributed by atoms with Gasteiger partial charge in [-0.05, 0) is 40.8 Å². The number of nitrogens with one attached hydrogen (secondary N) is 1. The molecule has 1 N–H and O–H groups in total. The molecule has 0 fully saturated rings. The number of hydrogen-bond donors (Lipinski definition) is 1. The molecule has 0 spiro atoms. The van der Waals surface area contributed by atoms with Crippen molar-refractivity contribution in [3.05, 3.63) is 27.3 Å². The molecule has 7 heteroatoms. The molecular formula is C10H6F3IN2O. The first-order valence-electron chi connectivity index (χ1n) is 4.37. The lowest BCUT2D eigenvalue weighted by atomic mass is 10.2. The van der Waals surface area contributed by atoms with Crippen LogP contribution in [0, 0.1) is 14.9 Å². The minimum atomic E-state index is -4.46. The van der Waals surface area contributed by atoms with Crippen LogP contribution in [-0.4, -0.2) is 5.91 Å². The van der Waals surface area contributed by atoms with Crippen molar-refractivity contribution in [3.63, 3.8) is 0 Å². The van der Waals surface area contributed by atoms with Crippen molar-refractivity contribution in [1.29, 1.82) is 5.26 Å². The molecule has 0 bridgehead atoms. The summed E-state index contributed by atoms with van der Waals surface area (Å²) >= 11 is 1.72. The largest absolute Gasteiger partial charge is 0.416 e. The summed E-state index contributed by atoms with van der Waals surface area (Å²) < 4.78 is 37.7. The fourth-order valence-electron chi connectivity index (χ4n) is 1.10. The fraction of sp³-hybridized carbons (Fsp3) is 0.200. The van der Waals surface area contributed by atoms with E-state index in [1.807, 2.05) is 0 Å². The molecule has 1 aromatic carbocycles. The Morgan fingerprint density at radius 1 is 1.41 bits per heavy atom. The molecule has 90 valence electrons. The maximum absolute atomic E-state index is 12.5. The number of benzene rings is 1. The van der Waals surface area contributed by atoms with Gasteiger partial charge in [-0.2, -0.15) is 18.4 Å². The summed E-state index contributed by atoms with van der Waals surface area (Å²) in [6, 6.07) is 4.81. The van der Waals surface area contributed by atoms with Gasteiger partial charge in [0.1, 0.15) is 6.42 Å². The second-order valence-corrected chi connectivity index (χ2v) is 4.36. The maximum Gasteiger partial charge on any atom is 0.416 e. The van der Waals surface area contributed by atoms with Crippen LogP contribution in [0.5, 0.6) is 0 Å². The van der Waals surface area contributed by atoms with Crippen molar-refractivity contribution in [2.45, 2.75) is 12.6 Å². The van der Waals surface area contributed by atoms with Gasteiger partial charge in [-0.25, -0.2) is 0 Å². The van der Waals surface area contributed by atoms with Crippen LogP contribution in [0.15, 0.2) is 18.2 Å². The zero-order valence-corrected chi connectivity index (χ0v) is 10.5. The number of halogens is 4. The van der Waals surface area contributed by atoms with Gasteiger partial charge in [0, 0.05) is 9.26 Å². The molecule has 17 heavy (non-hydrogen) atoms. The van der Waals surface area contributed by atoms with Crippen LogP contribution in [0.4, 0.5) is 18.9 Å². The SMILES string of the molecule is N#CCC(=O)Nc1cc(I)cc(C(F)(F)F)c1. The van der Waals surface area contributed by atoms with Gasteiger partial charge in [-0.1, -0.05) is 0 Å². The zero-order chi connectivity index (χ0) is 13.1. The van der Waals surface area contributed by atoms with Crippen LogP contribution in [0.2, 0.25) is 0 Å². The fourth-order valence-corrected chi connectivity index (χ4v) is 1.77. The number of hydrogen-bond acceptors (Lipinski definition) is 2. The molecule has 0 aliphatic heterocycles. The summed E-state index contributed by atoms with van der Waals surface area (Å²) in [4.78, 5) is 11.1. The summed E-state index contributed by atoms with van der Waals surface area (Å²) in [5.41, 5.74) is -0.805. The van der Waals surface area contributed by atoms with Gasteiger partial charge in [0.2, 0.25) is 5.91 Å². The predicted octanol–water partition coefficient (Wildman–Crippen LogP) is 3.16. The molecule has 1 amide bonds. The monoisotopic (exact) mass is 354 g/mol. The Morgan fingerprint density at radius 2 is 2.06 bits per heavy atom. The second kappa shape index (κ2) is 5.35. The molecule has 0 radical (unpaired) electrons. The van der Waals surface area contributed by atoms with Crippen LogP contribution in [0.25, 0.3) is 0 Å². The van der Waals surface area contributed by atoms with Crippen LogP contribution in [0.3, 0.4) is 0 Å². The second-order valence-electron chi connectivity index (χ2n) is 3.11. The van der Waals surface area contributed by atoms with E-state index in [0.29, 0.717) is 3.57 Å². The van der Waals surface area contributed by atoms with Crippen molar-refractivity contribution in [2.75, 3.05) is 5.32 Å². The highest BCUT2D eigenvalue weighted by Crippen LogP contribution is 2.32. The van der Waals surface area contributed by atoms with E-state index in [2.05, 4.69) is 5.32 Å². The smallest absolute Gasteiger partial charge is 0.325 e. The third kappa shape index (κ3) is 4.22. The Morgan fingerprint density at radius 3 is 2.59 bits per heavy atom. The standard InChI is InChI=1S/C10H6F3IN2O/c11-10(12,13)6-3-7(14)5-8(4-6)16-9(17)1-2-15/h3-5H,1H2,(H,16,17). The number of nitrogens with zero attached hydrogens (tertiary/aromatic N) is 1. The highest BCUT2D eigenvalue weighted by atomic mass is 127. The van der Waals surface area contributed by atoms with Crippen LogP contribution >= 0.6 is 22.6 Å². The summed E-state index contributed by atoms with van der Waals surface area (Å²) in [7, 11) is 0. The van der Waals surface area contributed by atoms with Crippen molar-refractivity contribution >= 4 is 34.2 Å². The van der Waals surface area contributed by atoms with E-state index in [-0.39, 0.29) is 5.69 Å². The molecule has 0 aliphatic rings. The molecule has 0 saturated heterocycles. The Kier molecular flexibility index (Phi) is 4.34. The first kappa shape index (κ1) is 13.8. The van der Waals surface area contributed by atoms with Gasteiger partial charge in [-0.15, -0.1) is 0 Å². The number of anilines is 1. The Balaban J connectivity index is 2.99. The van der Waals surface area contributed by atoms with E-state index >= 15 is 0 Å². The number of nitriles is 1. The maximum atomic E-state index is 12.5. The summed E-state index contributed by atoms with van der Waals surface area (Å²) in [6.45, 7) is 0. The number of amides is 1. The van der Waals surface area contributed by atoms with Crippen molar-refractivity contribution < 1.29 is 18.0 Å². The van der Waals surface area contributed by atoms with Gasteiger partial charge in [0.15, 0.2) is 0 Å². The van der Waals surface area contributed by atoms with E-state index in [1.54, 1.807) is 28.7 Å². The summed E-state index contributed by atoms with van der Waals surface area (Å²) in [5, 5.41) is 10.5. The topological polar surface area (TPSA) is 52.9 Å². The zero-order valence-electron chi connectivity index (χ0n) is 8.31. The highest BCUT2D eigenvalue weighted by Gasteiger charge is 2.31.